The highest BCUT2D eigenvalue weighted by atomic mass is 19.4. The number of halogens is 4. The lowest BCUT2D eigenvalue weighted by molar-refractivity contribution is -0.145. The molecule has 2 aromatic carbocycles. The molecular weight excluding hydrogens is 616 g/mol. The second-order valence-electron chi connectivity index (χ2n) is 13.7. The number of rotatable bonds is 7. The number of hydrogen-bond donors (Lipinski definition) is 2. The molecule has 4 atom stereocenters. The second-order valence-corrected chi connectivity index (χ2v) is 13.7. The topological polar surface area (TPSA) is 108 Å². The van der Waals surface area contributed by atoms with Gasteiger partial charge in [-0.25, -0.2) is 4.39 Å². The lowest BCUT2D eigenvalue weighted by Crippen LogP contribution is -2.52. The summed E-state index contributed by atoms with van der Waals surface area (Å²) in [6, 6.07) is 11.4. The number of alkyl halides is 4. The summed E-state index contributed by atoms with van der Waals surface area (Å²) in [5.74, 6) is -3.43. The first-order valence-electron chi connectivity index (χ1n) is 16.5. The number of phenolic OH excluding ortho intramolecular Hbond substituents is 1. The number of carboxylic acid groups (broad SMARTS) is 1. The van der Waals surface area contributed by atoms with Crippen molar-refractivity contribution in [3.05, 3.63) is 59.2 Å². The zero-order valence-electron chi connectivity index (χ0n) is 26.1. The molecule has 47 heavy (non-hydrogen) atoms. The Kier molecular flexibility index (Phi) is 9.13. The minimum absolute atomic E-state index is 0.0335. The normalized spacial score (nSPS) is 27.8. The monoisotopic (exact) mass is 656 g/mol. The van der Waals surface area contributed by atoms with Crippen LogP contribution in [0.25, 0.3) is 0 Å². The molecule has 3 saturated heterocycles. The van der Waals surface area contributed by atoms with Crippen LogP contribution in [0, 0.1) is 17.2 Å². The molecule has 0 aromatic heterocycles. The van der Waals surface area contributed by atoms with E-state index >= 15 is 4.39 Å². The van der Waals surface area contributed by atoms with E-state index in [2.05, 4.69) is 11.0 Å². The van der Waals surface area contributed by atoms with Crippen LogP contribution >= 0.6 is 0 Å². The van der Waals surface area contributed by atoms with Gasteiger partial charge in [0.15, 0.2) is 0 Å². The second kappa shape index (κ2) is 13.0. The number of nitrogens with zero attached hydrogens (tertiary/aromatic N) is 4. The highest BCUT2D eigenvalue weighted by Gasteiger charge is 2.58. The smallest absolute Gasteiger partial charge is 0.416 e. The molecule has 2 N–H and O–H groups in total. The number of amides is 1. The Morgan fingerprint density at radius 3 is 2.30 bits per heavy atom. The fourth-order valence-corrected chi connectivity index (χ4v) is 8.32. The number of carbonyl (C=O) groups is 2. The molecule has 1 aliphatic carbocycles. The predicted octanol–water partition coefficient (Wildman–Crippen LogP) is 6.06. The zero-order valence-corrected chi connectivity index (χ0v) is 26.1. The van der Waals surface area contributed by atoms with Crippen LogP contribution in [0.15, 0.2) is 42.5 Å². The summed E-state index contributed by atoms with van der Waals surface area (Å²) in [5.41, 5.74) is -1.62. The molecule has 3 heterocycles. The van der Waals surface area contributed by atoms with Gasteiger partial charge in [0, 0.05) is 62.3 Å². The Labute approximate surface area is 271 Å². The van der Waals surface area contributed by atoms with Crippen molar-refractivity contribution in [2.24, 2.45) is 5.92 Å². The van der Waals surface area contributed by atoms with Crippen molar-refractivity contribution in [3.63, 3.8) is 0 Å². The van der Waals surface area contributed by atoms with Crippen LogP contribution in [-0.2, 0) is 15.8 Å². The number of carbonyl (C=O) groups excluding carboxylic acids is 1. The largest absolute Gasteiger partial charge is 0.508 e. The SMILES string of the molecule is N#CC[C@@H]1CC(c2ccc(C(F)(F)F)cc2N2CCC(C(=O)O)CC2)CN1C(=O)[C@]1(F)CN(C2CCCC2)C[C@H]1c1ccc(O)cc1. The molecule has 4 fully saturated rings. The number of piperidine rings is 1. The number of aromatic hydroxyl groups is 1. The first kappa shape index (κ1) is 33.1. The first-order chi connectivity index (χ1) is 22.4. The van der Waals surface area contributed by atoms with Gasteiger partial charge in [-0.2, -0.15) is 18.4 Å². The Morgan fingerprint density at radius 1 is 1.00 bits per heavy atom. The Bertz CT molecular complexity index is 1510. The van der Waals surface area contributed by atoms with Gasteiger partial charge in [-0.3, -0.25) is 14.5 Å². The van der Waals surface area contributed by atoms with E-state index in [4.69, 9.17) is 0 Å². The van der Waals surface area contributed by atoms with Gasteiger partial charge >= 0.3 is 12.1 Å². The van der Waals surface area contributed by atoms with Crippen molar-refractivity contribution >= 4 is 17.6 Å². The van der Waals surface area contributed by atoms with Crippen LogP contribution in [0.3, 0.4) is 0 Å². The third-order valence-electron chi connectivity index (χ3n) is 10.9. The lowest BCUT2D eigenvalue weighted by atomic mass is 9.85. The summed E-state index contributed by atoms with van der Waals surface area (Å²) in [7, 11) is 0. The molecule has 8 nitrogen and oxygen atoms in total. The van der Waals surface area contributed by atoms with Gasteiger partial charge in [0.05, 0.1) is 24.0 Å². The third-order valence-corrected chi connectivity index (χ3v) is 10.9. The number of anilines is 1. The van der Waals surface area contributed by atoms with Crippen molar-refractivity contribution in [3.8, 4) is 11.8 Å². The summed E-state index contributed by atoms with van der Waals surface area (Å²) in [6.07, 6.45) is 0.163. The molecule has 0 radical (unpaired) electrons. The average molecular weight is 657 g/mol. The average Bonchev–Trinajstić information content (AvgIpc) is 3.81. The number of carboxylic acids is 1. The molecule has 4 aliphatic rings. The fourth-order valence-electron chi connectivity index (χ4n) is 8.32. The van der Waals surface area contributed by atoms with Crippen LogP contribution in [0.4, 0.5) is 23.2 Å². The van der Waals surface area contributed by atoms with Crippen molar-refractivity contribution in [1.82, 2.24) is 9.80 Å². The molecule has 1 unspecified atom stereocenters. The maximum Gasteiger partial charge on any atom is 0.416 e. The Balaban J connectivity index is 1.32. The van der Waals surface area contributed by atoms with Gasteiger partial charge in [-0.1, -0.05) is 31.0 Å². The van der Waals surface area contributed by atoms with Crippen molar-refractivity contribution in [2.45, 2.75) is 87.1 Å². The molecule has 0 spiro atoms. The summed E-state index contributed by atoms with van der Waals surface area (Å²) in [4.78, 5) is 31.3. The summed E-state index contributed by atoms with van der Waals surface area (Å²) in [5, 5.41) is 29.0. The highest BCUT2D eigenvalue weighted by Crippen LogP contribution is 2.47. The first-order valence-corrected chi connectivity index (χ1v) is 16.5. The molecule has 0 bridgehead atoms. The summed E-state index contributed by atoms with van der Waals surface area (Å²) in [6.45, 7) is 0.828. The fraction of sp³-hybridized carbons (Fsp3) is 0.571. The molecule has 12 heteroatoms. The standard InChI is InChI=1S/C35H40F4N4O4/c36-34(21-42(26-3-1-2-4-26)20-30(34)22-5-8-28(44)9-6-22)33(47)43-19-24(17-27(43)11-14-40)29-10-7-25(35(37,38)39)18-31(29)41-15-12-23(13-16-41)32(45)46/h5-10,18,23-24,26-27,30,44H,1-4,11-13,15-17,19-21H2,(H,45,46)/t24?,27-,30+,34+/m1/s1. The molecule has 1 saturated carbocycles. The van der Waals surface area contributed by atoms with Crippen LogP contribution in [-0.4, -0.2) is 82.4 Å². The number of benzene rings is 2. The molecule has 6 rings (SSSR count). The van der Waals surface area contributed by atoms with E-state index in [9.17, 15) is 38.2 Å². The number of phenols is 1. The van der Waals surface area contributed by atoms with E-state index in [1.807, 2.05) is 0 Å². The van der Waals surface area contributed by atoms with Gasteiger partial charge in [-0.05, 0) is 67.5 Å². The van der Waals surface area contributed by atoms with Gasteiger partial charge in [0.25, 0.3) is 5.91 Å². The number of hydrogen-bond acceptors (Lipinski definition) is 6. The van der Waals surface area contributed by atoms with E-state index in [1.54, 1.807) is 17.0 Å². The quantitative estimate of drug-likeness (QED) is 0.349. The number of aliphatic carboxylic acids is 1. The molecular formula is C35H40F4N4O4. The summed E-state index contributed by atoms with van der Waals surface area (Å²) >= 11 is 0. The van der Waals surface area contributed by atoms with Gasteiger partial charge in [-0.15, -0.1) is 0 Å². The van der Waals surface area contributed by atoms with Crippen LogP contribution in [0.1, 0.15) is 79.9 Å². The molecule has 1 amide bonds. The van der Waals surface area contributed by atoms with Crippen molar-refractivity contribution in [1.29, 1.82) is 5.26 Å². The van der Waals surface area contributed by atoms with Crippen molar-refractivity contribution in [2.75, 3.05) is 37.6 Å². The van der Waals surface area contributed by atoms with Crippen LogP contribution in [0.5, 0.6) is 5.75 Å². The molecule has 3 aliphatic heterocycles. The van der Waals surface area contributed by atoms with Crippen LogP contribution < -0.4 is 4.90 Å². The maximum absolute atomic E-state index is 17.6. The van der Waals surface area contributed by atoms with E-state index in [-0.39, 0.29) is 63.7 Å². The minimum atomic E-state index is -4.59. The third kappa shape index (κ3) is 6.51. The lowest BCUT2D eigenvalue weighted by Gasteiger charge is -2.35. The summed E-state index contributed by atoms with van der Waals surface area (Å²) < 4.78 is 59.1. The van der Waals surface area contributed by atoms with E-state index in [0.717, 1.165) is 37.8 Å². The molecule has 252 valence electrons. The van der Waals surface area contributed by atoms with E-state index in [1.165, 1.54) is 23.1 Å². The highest BCUT2D eigenvalue weighted by molar-refractivity contribution is 5.88. The van der Waals surface area contributed by atoms with Gasteiger partial charge < -0.3 is 20.0 Å². The Hall–Kier alpha value is -3.85. The maximum atomic E-state index is 17.6. The van der Waals surface area contributed by atoms with Gasteiger partial charge in [0.1, 0.15) is 5.75 Å². The Morgan fingerprint density at radius 2 is 1.68 bits per heavy atom. The number of likely N-dealkylation sites (tertiary alicyclic amines) is 2. The van der Waals surface area contributed by atoms with E-state index < -0.39 is 53.1 Å². The van der Waals surface area contributed by atoms with Crippen molar-refractivity contribution < 1.29 is 37.4 Å². The van der Waals surface area contributed by atoms with Crippen LogP contribution in [0.2, 0.25) is 0 Å². The minimum Gasteiger partial charge on any atom is -0.508 e. The van der Waals surface area contributed by atoms with Gasteiger partial charge in [0.2, 0.25) is 5.67 Å². The van der Waals surface area contributed by atoms with E-state index in [0.29, 0.717) is 23.4 Å². The molecule has 2 aromatic rings. The number of nitriles is 1. The predicted molar refractivity (Wildman–Crippen MR) is 166 cm³/mol. The zero-order chi connectivity index (χ0) is 33.5.